The maximum Gasteiger partial charge on any atom is 0.418 e. The summed E-state index contributed by atoms with van der Waals surface area (Å²) in [5.41, 5.74) is -0.935. The summed E-state index contributed by atoms with van der Waals surface area (Å²) < 4.78 is 38.9. The summed E-state index contributed by atoms with van der Waals surface area (Å²) in [7, 11) is 0. The third-order valence-corrected chi connectivity index (χ3v) is 3.47. The molecule has 0 unspecified atom stereocenters. The summed E-state index contributed by atoms with van der Waals surface area (Å²) >= 11 is 0. The van der Waals surface area contributed by atoms with Crippen LogP contribution in [0.3, 0.4) is 0 Å². The van der Waals surface area contributed by atoms with E-state index < -0.39 is 35.9 Å². The van der Waals surface area contributed by atoms with E-state index in [0.29, 0.717) is 5.69 Å². The van der Waals surface area contributed by atoms with Crippen molar-refractivity contribution in [3.63, 3.8) is 0 Å². The van der Waals surface area contributed by atoms with E-state index in [9.17, 15) is 32.7 Å². The van der Waals surface area contributed by atoms with Gasteiger partial charge in [0.25, 0.3) is 5.91 Å². The molecule has 0 saturated carbocycles. The molecule has 0 saturated heterocycles. The summed E-state index contributed by atoms with van der Waals surface area (Å²) in [5, 5.41) is 14.9. The van der Waals surface area contributed by atoms with E-state index in [4.69, 9.17) is 0 Å². The Morgan fingerprint density at radius 1 is 0.889 bits per heavy atom. The number of aliphatic carboxylic acids is 1. The van der Waals surface area contributed by atoms with Crippen molar-refractivity contribution in [3.8, 4) is 0 Å². The maximum atomic E-state index is 13.0. The highest BCUT2D eigenvalue weighted by atomic mass is 19.4. The van der Waals surface area contributed by atoms with Crippen molar-refractivity contribution >= 4 is 29.2 Å². The summed E-state index contributed by atoms with van der Waals surface area (Å²) in [6.45, 7) is 0. The minimum atomic E-state index is -4.61. The van der Waals surface area contributed by atoms with E-state index in [1.54, 1.807) is 0 Å². The van der Waals surface area contributed by atoms with Crippen LogP contribution in [0.2, 0.25) is 0 Å². The van der Waals surface area contributed by atoms with E-state index in [2.05, 4.69) is 10.6 Å². The van der Waals surface area contributed by atoms with Crippen LogP contribution < -0.4 is 15.7 Å². The van der Waals surface area contributed by atoms with Gasteiger partial charge >= 0.3 is 6.18 Å². The van der Waals surface area contributed by atoms with Gasteiger partial charge in [-0.3, -0.25) is 9.59 Å². The predicted octanol–water partition coefficient (Wildman–Crippen LogP) is 2.43. The fraction of sp³-hybridized carbons (Fsp3) is 0.167. The standard InChI is InChI=1S/C18H15F3N2O4/c19-18(20,21)13-3-1-2-4-14(13)23-17(27)11-5-7-12(8-6-11)22-15(24)9-10-16(25)26/h1-8H,9-10H2,(H,22,24)(H,23,27)(H,25,26)/p-1. The van der Waals surface area contributed by atoms with Crippen molar-refractivity contribution < 1.29 is 32.7 Å². The van der Waals surface area contributed by atoms with Crippen LogP contribution in [0.5, 0.6) is 0 Å². The van der Waals surface area contributed by atoms with Crippen molar-refractivity contribution in [3.05, 3.63) is 59.7 Å². The van der Waals surface area contributed by atoms with Crippen LogP contribution in [-0.4, -0.2) is 17.8 Å². The van der Waals surface area contributed by atoms with Crippen LogP contribution in [0.25, 0.3) is 0 Å². The Kier molecular flexibility index (Phi) is 6.17. The van der Waals surface area contributed by atoms with Gasteiger partial charge < -0.3 is 20.5 Å². The van der Waals surface area contributed by atoms with E-state index >= 15 is 0 Å². The lowest BCUT2D eigenvalue weighted by Gasteiger charge is -2.13. The molecule has 27 heavy (non-hydrogen) atoms. The van der Waals surface area contributed by atoms with Gasteiger partial charge in [-0.25, -0.2) is 0 Å². The number of carboxylic acid groups (broad SMARTS) is 1. The molecule has 0 aromatic heterocycles. The molecule has 0 atom stereocenters. The molecule has 0 aliphatic heterocycles. The average Bonchev–Trinajstić information content (AvgIpc) is 2.60. The molecule has 2 aromatic carbocycles. The van der Waals surface area contributed by atoms with E-state index in [-0.39, 0.29) is 17.7 Å². The lowest BCUT2D eigenvalue weighted by atomic mass is 10.1. The Labute approximate surface area is 152 Å². The van der Waals surface area contributed by atoms with Gasteiger partial charge in [0.2, 0.25) is 5.91 Å². The Morgan fingerprint density at radius 2 is 1.52 bits per heavy atom. The molecule has 0 fully saturated rings. The minimum Gasteiger partial charge on any atom is -0.550 e. The predicted molar refractivity (Wildman–Crippen MR) is 88.7 cm³/mol. The first-order chi connectivity index (χ1) is 12.7. The smallest absolute Gasteiger partial charge is 0.418 e. The monoisotopic (exact) mass is 379 g/mol. The van der Waals surface area contributed by atoms with Crippen molar-refractivity contribution in [1.82, 2.24) is 0 Å². The van der Waals surface area contributed by atoms with E-state index in [1.807, 2.05) is 0 Å². The summed E-state index contributed by atoms with van der Waals surface area (Å²) in [6, 6.07) is 9.99. The fourth-order valence-corrected chi connectivity index (χ4v) is 2.18. The topological polar surface area (TPSA) is 98.3 Å². The number of alkyl halides is 3. The number of para-hydroxylation sites is 1. The Bertz CT molecular complexity index is 848. The lowest BCUT2D eigenvalue weighted by Crippen LogP contribution is -2.24. The third kappa shape index (κ3) is 5.84. The molecule has 0 bridgehead atoms. The number of amides is 2. The molecule has 0 aliphatic carbocycles. The molecule has 142 valence electrons. The van der Waals surface area contributed by atoms with E-state index in [1.165, 1.54) is 36.4 Å². The number of carbonyl (C=O) groups is 3. The quantitative estimate of drug-likeness (QED) is 0.805. The second-order valence-electron chi connectivity index (χ2n) is 5.50. The van der Waals surface area contributed by atoms with Crippen molar-refractivity contribution in [2.75, 3.05) is 10.6 Å². The van der Waals surface area contributed by atoms with Crippen molar-refractivity contribution in [1.29, 1.82) is 0 Å². The Hall–Kier alpha value is -3.36. The van der Waals surface area contributed by atoms with Gasteiger partial charge in [0.05, 0.1) is 11.3 Å². The number of halogens is 3. The molecular formula is C18H14F3N2O4-. The van der Waals surface area contributed by atoms with Gasteiger partial charge in [0, 0.05) is 23.6 Å². The van der Waals surface area contributed by atoms with Crippen LogP contribution in [0.1, 0.15) is 28.8 Å². The average molecular weight is 379 g/mol. The summed E-state index contributed by atoms with van der Waals surface area (Å²) in [6.07, 6.45) is -5.30. The highest BCUT2D eigenvalue weighted by Gasteiger charge is 2.33. The van der Waals surface area contributed by atoms with Crippen molar-refractivity contribution in [2.24, 2.45) is 0 Å². The number of nitrogens with one attached hydrogen (secondary N) is 2. The molecule has 0 heterocycles. The number of hydrogen-bond donors (Lipinski definition) is 2. The van der Waals surface area contributed by atoms with Crippen LogP contribution in [0.15, 0.2) is 48.5 Å². The Balaban J connectivity index is 2.04. The SMILES string of the molecule is O=C([O-])CCC(=O)Nc1ccc(C(=O)Nc2ccccc2C(F)(F)F)cc1. The number of carboxylic acids is 1. The summed E-state index contributed by atoms with van der Waals surface area (Å²) in [4.78, 5) is 34.0. The van der Waals surface area contributed by atoms with Crippen LogP contribution in [0, 0.1) is 0 Å². The zero-order valence-electron chi connectivity index (χ0n) is 13.8. The third-order valence-electron chi connectivity index (χ3n) is 3.47. The van der Waals surface area contributed by atoms with Gasteiger partial charge in [-0.1, -0.05) is 12.1 Å². The molecule has 0 spiro atoms. The first-order valence-electron chi connectivity index (χ1n) is 7.74. The highest BCUT2D eigenvalue weighted by Crippen LogP contribution is 2.34. The molecule has 0 aliphatic rings. The van der Waals surface area contributed by atoms with Crippen LogP contribution >= 0.6 is 0 Å². The van der Waals surface area contributed by atoms with Gasteiger partial charge in [-0.15, -0.1) is 0 Å². The van der Waals surface area contributed by atoms with Gasteiger partial charge in [-0.2, -0.15) is 13.2 Å². The largest absolute Gasteiger partial charge is 0.550 e. The number of hydrogen-bond acceptors (Lipinski definition) is 4. The van der Waals surface area contributed by atoms with Gasteiger partial charge in [0.15, 0.2) is 0 Å². The molecule has 0 radical (unpaired) electrons. The molecule has 2 N–H and O–H groups in total. The molecule has 9 heteroatoms. The summed E-state index contributed by atoms with van der Waals surface area (Å²) in [5.74, 6) is -2.65. The van der Waals surface area contributed by atoms with E-state index in [0.717, 1.165) is 12.1 Å². The van der Waals surface area contributed by atoms with Crippen LogP contribution in [-0.2, 0) is 15.8 Å². The fourth-order valence-electron chi connectivity index (χ4n) is 2.18. The first-order valence-corrected chi connectivity index (χ1v) is 7.74. The lowest BCUT2D eigenvalue weighted by molar-refractivity contribution is -0.305. The maximum absolute atomic E-state index is 13.0. The number of benzene rings is 2. The number of rotatable bonds is 6. The Morgan fingerprint density at radius 3 is 2.11 bits per heavy atom. The second kappa shape index (κ2) is 8.35. The molecular weight excluding hydrogens is 365 g/mol. The normalized spacial score (nSPS) is 10.9. The number of anilines is 2. The number of carbonyl (C=O) groups excluding carboxylic acids is 3. The second-order valence-corrected chi connectivity index (χ2v) is 5.50. The molecule has 2 rings (SSSR count). The first kappa shape index (κ1) is 20.0. The van der Waals surface area contributed by atoms with Crippen LogP contribution in [0.4, 0.5) is 24.5 Å². The van der Waals surface area contributed by atoms with Gasteiger partial charge in [0.1, 0.15) is 0 Å². The van der Waals surface area contributed by atoms with Crippen molar-refractivity contribution in [2.45, 2.75) is 19.0 Å². The highest BCUT2D eigenvalue weighted by molar-refractivity contribution is 6.05. The zero-order chi connectivity index (χ0) is 20.0. The molecule has 6 nitrogen and oxygen atoms in total. The zero-order valence-corrected chi connectivity index (χ0v) is 13.8. The molecule has 2 amide bonds. The molecule has 2 aromatic rings. The van der Waals surface area contributed by atoms with Gasteiger partial charge in [-0.05, 0) is 42.8 Å². The minimum absolute atomic E-state index is 0.0831.